The minimum absolute atomic E-state index is 0.224. The fraction of sp³-hybridized carbons (Fsp3) is 0.714. The van der Waals surface area contributed by atoms with E-state index in [1.807, 2.05) is 24.8 Å². The summed E-state index contributed by atoms with van der Waals surface area (Å²) in [5, 5.41) is 15.6. The highest BCUT2D eigenvalue weighted by atomic mass is 15.1. The average Bonchev–Trinajstić information content (AvgIpc) is 1.91. The summed E-state index contributed by atoms with van der Waals surface area (Å²) in [5.74, 6) is 0.424. The van der Waals surface area contributed by atoms with E-state index in [0.29, 0.717) is 5.84 Å². The van der Waals surface area contributed by atoms with Crippen LogP contribution in [-0.4, -0.2) is 23.8 Å². The second-order valence-electron chi connectivity index (χ2n) is 1.95. The quantitative estimate of drug-likeness (QED) is 0.472. The molecule has 3 nitrogen and oxygen atoms in total. The summed E-state index contributed by atoms with van der Waals surface area (Å²) in [5.41, 5.74) is 0. The molecule has 0 aliphatic heterocycles. The Hall–Kier alpha value is -1.04. The van der Waals surface area contributed by atoms with Crippen molar-refractivity contribution in [3.8, 4) is 6.07 Å². The first-order valence-corrected chi connectivity index (χ1v) is 3.45. The van der Waals surface area contributed by atoms with Crippen LogP contribution in [0.5, 0.6) is 0 Å². The van der Waals surface area contributed by atoms with E-state index in [-0.39, 0.29) is 6.42 Å². The van der Waals surface area contributed by atoms with Crippen LogP contribution in [0.15, 0.2) is 0 Å². The van der Waals surface area contributed by atoms with Crippen molar-refractivity contribution >= 4 is 5.84 Å². The first-order chi connectivity index (χ1) is 4.76. The topological polar surface area (TPSA) is 50.9 Å². The lowest BCUT2D eigenvalue weighted by Gasteiger charge is -2.19. The van der Waals surface area contributed by atoms with E-state index in [2.05, 4.69) is 0 Å². The number of nitriles is 1. The molecule has 0 aliphatic carbocycles. The van der Waals surface area contributed by atoms with Crippen molar-refractivity contribution in [2.24, 2.45) is 0 Å². The van der Waals surface area contributed by atoms with Gasteiger partial charge in [-0.25, -0.2) is 0 Å². The van der Waals surface area contributed by atoms with E-state index in [4.69, 9.17) is 10.7 Å². The molecule has 0 saturated heterocycles. The van der Waals surface area contributed by atoms with Gasteiger partial charge in [-0.1, -0.05) is 0 Å². The summed E-state index contributed by atoms with van der Waals surface area (Å²) < 4.78 is 0. The van der Waals surface area contributed by atoms with Crippen LogP contribution in [-0.2, 0) is 0 Å². The predicted octanol–water partition coefficient (Wildman–Crippen LogP) is 1.22. The van der Waals surface area contributed by atoms with E-state index in [1.54, 1.807) is 0 Å². The maximum absolute atomic E-state index is 8.26. The maximum Gasteiger partial charge on any atom is 0.110 e. The molecule has 0 bridgehead atoms. The summed E-state index contributed by atoms with van der Waals surface area (Å²) in [7, 11) is 0. The second-order valence-corrected chi connectivity index (χ2v) is 1.95. The predicted molar refractivity (Wildman–Crippen MR) is 40.9 cm³/mol. The maximum atomic E-state index is 8.26. The van der Waals surface area contributed by atoms with Crippen molar-refractivity contribution in [2.45, 2.75) is 20.3 Å². The van der Waals surface area contributed by atoms with E-state index in [0.717, 1.165) is 13.1 Å². The monoisotopic (exact) mass is 139 g/mol. The van der Waals surface area contributed by atoms with Gasteiger partial charge in [-0.3, -0.25) is 5.41 Å². The Morgan fingerprint density at radius 1 is 1.50 bits per heavy atom. The van der Waals surface area contributed by atoms with Crippen LogP contribution < -0.4 is 0 Å². The molecule has 0 fully saturated rings. The van der Waals surface area contributed by atoms with Gasteiger partial charge in [0.25, 0.3) is 0 Å². The average molecular weight is 139 g/mol. The molecule has 0 heterocycles. The van der Waals surface area contributed by atoms with Gasteiger partial charge in [0, 0.05) is 13.1 Å². The highest BCUT2D eigenvalue weighted by Crippen LogP contribution is 1.91. The first kappa shape index (κ1) is 8.96. The number of rotatable bonds is 3. The van der Waals surface area contributed by atoms with E-state index < -0.39 is 0 Å². The number of hydrogen-bond donors (Lipinski definition) is 1. The number of amidine groups is 1. The molecular formula is C7H13N3. The first-order valence-electron chi connectivity index (χ1n) is 3.45. The highest BCUT2D eigenvalue weighted by Gasteiger charge is 2.02. The van der Waals surface area contributed by atoms with Crippen LogP contribution >= 0.6 is 0 Å². The smallest absolute Gasteiger partial charge is 0.110 e. The van der Waals surface area contributed by atoms with Crippen LogP contribution in [0.2, 0.25) is 0 Å². The Balaban J connectivity index is 3.79. The molecule has 0 aromatic heterocycles. The van der Waals surface area contributed by atoms with Crippen molar-refractivity contribution in [3.63, 3.8) is 0 Å². The molecule has 0 aromatic rings. The molecule has 0 spiro atoms. The Morgan fingerprint density at radius 2 is 2.00 bits per heavy atom. The van der Waals surface area contributed by atoms with E-state index >= 15 is 0 Å². The Labute approximate surface area is 61.8 Å². The molecule has 0 radical (unpaired) electrons. The lowest BCUT2D eigenvalue weighted by molar-refractivity contribution is 0.456. The lowest BCUT2D eigenvalue weighted by atomic mass is 10.3. The van der Waals surface area contributed by atoms with Crippen molar-refractivity contribution in [1.29, 1.82) is 10.7 Å². The molecule has 0 aromatic carbocycles. The van der Waals surface area contributed by atoms with Gasteiger partial charge in [-0.15, -0.1) is 0 Å². The Bertz CT molecular complexity index is 141. The van der Waals surface area contributed by atoms with Gasteiger partial charge in [0.2, 0.25) is 0 Å². The fourth-order valence-corrected chi connectivity index (χ4v) is 0.792. The van der Waals surface area contributed by atoms with Gasteiger partial charge < -0.3 is 4.90 Å². The lowest BCUT2D eigenvalue weighted by Crippen LogP contribution is -2.29. The van der Waals surface area contributed by atoms with Gasteiger partial charge in [-0.05, 0) is 13.8 Å². The van der Waals surface area contributed by atoms with Gasteiger partial charge in [-0.2, -0.15) is 5.26 Å². The molecule has 56 valence electrons. The van der Waals surface area contributed by atoms with Crippen LogP contribution in [0, 0.1) is 16.7 Å². The standard InChI is InChI=1S/C7H13N3/c1-3-10(4-2)7(9)5-6-8/h9H,3-5H2,1-2H3. The third-order valence-electron chi connectivity index (χ3n) is 1.39. The van der Waals surface area contributed by atoms with Crippen LogP contribution in [0.1, 0.15) is 20.3 Å². The van der Waals surface area contributed by atoms with E-state index in [1.165, 1.54) is 0 Å². The Kier molecular flexibility index (Phi) is 4.30. The zero-order chi connectivity index (χ0) is 7.98. The molecule has 0 amide bonds. The van der Waals surface area contributed by atoms with Gasteiger partial charge in [0.05, 0.1) is 12.5 Å². The van der Waals surface area contributed by atoms with Gasteiger partial charge in [0.15, 0.2) is 0 Å². The number of nitrogens with one attached hydrogen (secondary N) is 1. The normalized spacial score (nSPS) is 8.50. The number of hydrogen-bond acceptors (Lipinski definition) is 2. The van der Waals surface area contributed by atoms with Crippen LogP contribution in [0.3, 0.4) is 0 Å². The molecule has 3 heteroatoms. The minimum atomic E-state index is 0.224. The van der Waals surface area contributed by atoms with Gasteiger partial charge >= 0.3 is 0 Å². The molecule has 0 rings (SSSR count). The number of nitrogens with zero attached hydrogens (tertiary/aromatic N) is 2. The van der Waals surface area contributed by atoms with Crippen molar-refractivity contribution in [2.75, 3.05) is 13.1 Å². The van der Waals surface area contributed by atoms with E-state index in [9.17, 15) is 0 Å². The fourth-order valence-electron chi connectivity index (χ4n) is 0.792. The molecule has 0 aliphatic rings. The summed E-state index contributed by atoms with van der Waals surface area (Å²) in [6.45, 7) is 5.60. The summed E-state index contributed by atoms with van der Waals surface area (Å²) >= 11 is 0. The highest BCUT2D eigenvalue weighted by molar-refractivity contribution is 5.80. The molecule has 10 heavy (non-hydrogen) atoms. The molecular weight excluding hydrogens is 126 g/mol. The SMILES string of the molecule is CCN(CC)C(=N)CC#N. The summed E-state index contributed by atoms with van der Waals surface area (Å²) in [4.78, 5) is 1.86. The van der Waals surface area contributed by atoms with Gasteiger partial charge in [0.1, 0.15) is 5.84 Å². The third-order valence-corrected chi connectivity index (χ3v) is 1.39. The largest absolute Gasteiger partial charge is 0.360 e. The minimum Gasteiger partial charge on any atom is -0.360 e. The molecule has 0 saturated carbocycles. The summed E-state index contributed by atoms with van der Waals surface area (Å²) in [6.07, 6.45) is 0.224. The second kappa shape index (κ2) is 4.80. The van der Waals surface area contributed by atoms with Crippen molar-refractivity contribution < 1.29 is 0 Å². The molecule has 1 N–H and O–H groups in total. The van der Waals surface area contributed by atoms with Crippen molar-refractivity contribution in [3.05, 3.63) is 0 Å². The molecule has 0 unspecified atom stereocenters. The zero-order valence-corrected chi connectivity index (χ0v) is 6.52. The van der Waals surface area contributed by atoms with Crippen molar-refractivity contribution in [1.82, 2.24) is 4.90 Å². The third kappa shape index (κ3) is 2.49. The van der Waals surface area contributed by atoms with Crippen LogP contribution in [0.25, 0.3) is 0 Å². The zero-order valence-electron chi connectivity index (χ0n) is 6.52. The van der Waals surface area contributed by atoms with Crippen LogP contribution in [0.4, 0.5) is 0 Å². The summed E-state index contributed by atoms with van der Waals surface area (Å²) in [6, 6.07) is 1.95. The Morgan fingerprint density at radius 3 is 2.30 bits per heavy atom. The molecule has 0 atom stereocenters.